The molecule has 0 unspecified atom stereocenters. The van der Waals surface area contributed by atoms with E-state index in [0.29, 0.717) is 0 Å². The highest BCUT2D eigenvalue weighted by Gasteiger charge is 2.21. The summed E-state index contributed by atoms with van der Waals surface area (Å²) < 4.78 is 60.7. The van der Waals surface area contributed by atoms with Crippen molar-refractivity contribution in [2.24, 2.45) is 0 Å². The predicted molar refractivity (Wildman–Crippen MR) is 113 cm³/mol. The first-order chi connectivity index (χ1) is 13.7. The minimum absolute atomic E-state index is 0.0154. The number of para-hydroxylation sites is 1. The zero-order chi connectivity index (χ0) is 21.1. The van der Waals surface area contributed by atoms with E-state index in [1.54, 1.807) is 36.4 Å². The van der Waals surface area contributed by atoms with Crippen molar-refractivity contribution in [3.63, 3.8) is 0 Å². The first-order valence-corrected chi connectivity index (χ1v) is 11.6. The van der Waals surface area contributed by atoms with E-state index in [9.17, 15) is 16.8 Å². The van der Waals surface area contributed by atoms with Crippen LogP contribution in [0.25, 0.3) is 0 Å². The number of anilines is 2. The minimum atomic E-state index is -4.03. The third-order valence-corrected chi connectivity index (χ3v) is 6.97. The van der Waals surface area contributed by atoms with E-state index in [2.05, 4.69) is 9.44 Å². The van der Waals surface area contributed by atoms with Crippen molar-refractivity contribution < 1.29 is 21.6 Å². The molecule has 0 radical (unpaired) electrons. The lowest BCUT2D eigenvalue weighted by atomic mass is 10.3. The fourth-order valence-corrected chi connectivity index (χ4v) is 4.91. The molecule has 152 valence electrons. The van der Waals surface area contributed by atoms with Crippen LogP contribution in [0.15, 0.2) is 82.6 Å². The Morgan fingerprint density at radius 1 is 0.724 bits per heavy atom. The van der Waals surface area contributed by atoms with Crippen LogP contribution in [0.4, 0.5) is 11.4 Å². The van der Waals surface area contributed by atoms with Gasteiger partial charge in [-0.3, -0.25) is 9.44 Å². The van der Waals surface area contributed by atoms with E-state index in [1.807, 2.05) is 0 Å². The summed E-state index contributed by atoms with van der Waals surface area (Å²) in [5.74, 6) is 0.168. The van der Waals surface area contributed by atoms with Gasteiger partial charge in [-0.05, 0) is 42.5 Å². The van der Waals surface area contributed by atoms with Gasteiger partial charge < -0.3 is 4.74 Å². The van der Waals surface area contributed by atoms with Crippen molar-refractivity contribution in [2.75, 3.05) is 16.6 Å². The highest BCUT2D eigenvalue weighted by Crippen LogP contribution is 2.31. The largest absolute Gasteiger partial charge is 0.495 e. The zero-order valence-corrected chi connectivity index (χ0v) is 17.6. The lowest BCUT2D eigenvalue weighted by molar-refractivity contribution is 0.416. The molecule has 10 heteroatoms. The number of methoxy groups -OCH3 is 1. The van der Waals surface area contributed by atoms with Crippen molar-refractivity contribution in [1.82, 2.24) is 0 Å². The molecule has 0 aliphatic carbocycles. The average Bonchev–Trinajstić information content (AvgIpc) is 2.70. The topological polar surface area (TPSA) is 102 Å². The summed E-state index contributed by atoms with van der Waals surface area (Å²) in [5.41, 5.74) is 0.190. The number of hydrogen-bond acceptors (Lipinski definition) is 5. The van der Waals surface area contributed by atoms with Crippen LogP contribution in [0.1, 0.15) is 0 Å². The van der Waals surface area contributed by atoms with Crippen molar-refractivity contribution >= 4 is 43.0 Å². The molecule has 0 fully saturated rings. The molecule has 0 aromatic heterocycles. The summed E-state index contributed by atoms with van der Waals surface area (Å²) in [6.07, 6.45) is 0. The van der Waals surface area contributed by atoms with Gasteiger partial charge >= 0.3 is 0 Å². The summed E-state index contributed by atoms with van der Waals surface area (Å²) >= 11 is 6.01. The Labute approximate surface area is 174 Å². The van der Waals surface area contributed by atoms with Crippen molar-refractivity contribution in [1.29, 1.82) is 0 Å². The molecule has 3 aromatic carbocycles. The van der Waals surface area contributed by atoms with Crippen LogP contribution in [-0.4, -0.2) is 23.9 Å². The van der Waals surface area contributed by atoms with Gasteiger partial charge in [-0.15, -0.1) is 0 Å². The summed E-state index contributed by atoms with van der Waals surface area (Å²) in [6, 6.07) is 17.9. The Balaban J connectivity index is 1.98. The normalized spacial score (nSPS) is 11.7. The minimum Gasteiger partial charge on any atom is -0.495 e. The molecule has 0 atom stereocenters. The number of ether oxygens (including phenoxy) is 1. The Morgan fingerprint density at radius 2 is 1.31 bits per heavy atom. The quantitative estimate of drug-likeness (QED) is 0.565. The number of benzene rings is 3. The molecule has 0 aliphatic rings. The van der Waals surface area contributed by atoms with E-state index in [-0.39, 0.29) is 31.9 Å². The van der Waals surface area contributed by atoms with Crippen LogP contribution in [0.2, 0.25) is 5.02 Å². The van der Waals surface area contributed by atoms with E-state index < -0.39 is 20.0 Å². The van der Waals surface area contributed by atoms with Crippen LogP contribution >= 0.6 is 11.6 Å². The van der Waals surface area contributed by atoms with Crippen LogP contribution in [-0.2, 0) is 20.0 Å². The SMILES string of the molecule is COc1ccc(S(=O)(=O)Nc2ccccc2Cl)cc1NS(=O)(=O)c1ccccc1. The number of halogens is 1. The third kappa shape index (κ3) is 4.81. The Bertz CT molecular complexity index is 1230. The Hall–Kier alpha value is -2.75. The van der Waals surface area contributed by atoms with Crippen molar-refractivity contribution in [3.8, 4) is 5.75 Å². The van der Waals surface area contributed by atoms with Crippen molar-refractivity contribution in [2.45, 2.75) is 9.79 Å². The maximum Gasteiger partial charge on any atom is 0.262 e. The summed E-state index contributed by atoms with van der Waals surface area (Å²) in [7, 11) is -6.62. The summed E-state index contributed by atoms with van der Waals surface area (Å²) in [4.78, 5) is -0.131. The molecule has 3 aromatic rings. The van der Waals surface area contributed by atoms with Gasteiger partial charge in [0.1, 0.15) is 5.75 Å². The lowest BCUT2D eigenvalue weighted by Crippen LogP contribution is -2.16. The van der Waals surface area contributed by atoms with Crippen molar-refractivity contribution in [3.05, 3.63) is 77.8 Å². The fourth-order valence-electron chi connectivity index (χ4n) is 2.49. The molecule has 0 saturated carbocycles. The molecule has 2 N–H and O–H groups in total. The van der Waals surface area contributed by atoms with E-state index in [4.69, 9.17) is 16.3 Å². The van der Waals surface area contributed by atoms with Gasteiger partial charge in [-0.1, -0.05) is 41.9 Å². The smallest absolute Gasteiger partial charge is 0.262 e. The maximum absolute atomic E-state index is 12.8. The molecule has 0 aliphatic heterocycles. The molecule has 0 saturated heterocycles. The Morgan fingerprint density at radius 3 is 1.97 bits per heavy atom. The van der Waals surface area contributed by atoms with Gasteiger partial charge in [-0.2, -0.15) is 0 Å². The molecule has 0 spiro atoms. The van der Waals surface area contributed by atoms with Gasteiger partial charge in [0, 0.05) is 0 Å². The number of nitrogens with one attached hydrogen (secondary N) is 2. The first kappa shape index (κ1) is 21.0. The van der Waals surface area contributed by atoms with Gasteiger partial charge in [-0.25, -0.2) is 16.8 Å². The molecule has 3 rings (SSSR count). The lowest BCUT2D eigenvalue weighted by Gasteiger charge is -2.15. The van der Waals surface area contributed by atoms with Crippen LogP contribution in [0.3, 0.4) is 0 Å². The predicted octanol–water partition coefficient (Wildman–Crippen LogP) is 3.95. The maximum atomic E-state index is 12.8. The highest BCUT2D eigenvalue weighted by molar-refractivity contribution is 7.93. The monoisotopic (exact) mass is 452 g/mol. The van der Waals surface area contributed by atoms with E-state index in [0.717, 1.165) is 0 Å². The van der Waals surface area contributed by atoms with Gasteiger partial charge in [0.15, 0.2) is 0 Å². The summed E-state index contributed by atoms with van der Waals surface area (Å²) in [6.45, 7) is 0. The molecule has 7 nitrogen and oxygen atoms in total. The third-order valence-electron chi connectivity index (χ3n) is 3.90. The van der Waals surface area contributed by atoms with E-state index in [1.165, 1.54) is 43.5 Å². The Kier molecular flexibility index (Phi) is 6.02. The number of rotatable bonds is 7. The first-order valence-electron chi connectivity index (χ1n) is 8.26. The fraction of sp³-hybridized carbons (Fsp3) is 0.0526. The standard InChI is InChI=1S/C19H17ClN2O5S2/c1-27-19-12-11-15(29(25,26)21-17-10-6-5-9-16(17)20)13-18(19)22-28(23,24)14-7-3-2-4-8-14/h2-13,21-22H,1H3. The number of sulfonamides is 2. The second-order valence-electron chi connectivity index (χ2n) is 5.87. The second kappa shape index (κ2) is 8.32. The van der Waals surface area contributed by atoms with Gasteiger partial charge in [0.05, 0.1) is 33.3 Å². The van der Waals surface area contributed by atoms with Crippen LogP contribution < -0.4 is 14.2 Å². The molecular weight excluding hydrogens is 436 g/mol. The van der Waals surface area contributed by atoms with Gasteiger partial charge in [0.2, 0.25) is 0 Å². The molecular formula is C19H17ClN2O5S2. The molecule has 29 heavy (non-hydrogen) atoms. The molecule has 0 heterocycles. The summed E-state index contributed by atoms with van der Waals surface area (Å²) in [5, 5.41) is 0.231. The zero-order valence-electron chi connectivity index (χ0n) is 15.2. The van der Waals surface area contributed by atoms with Gasteiger partial charge in [0.25, 0.3) is 20.0 Å². The van der Waals surface area contributed by atoms with Crippen LogP contribution in [0, 0.1) is 0 Å². The number of hydrogen-bond donors (Lipinski definition) is 2. The second-order valence-corrected chi connectivity index (χ2v) is 9.64. The highest BCUT2D eigenvalue weighted by atomic mass is 35.5. The molecule has 0 bridgehead atoms. The average molecular weight is 453 g/mol. The van der Waals surface area contributed by atoms with Crippen LogP contribution in [0.5, 0.6) is 5.75 Å². The van der Waals surface area contributed by atoms with E-state index >= 15 is 0 Å². The molecule has 0 amide bonds.